The smallest absolute Gasteiger partial charge is 0.383 e. The fourth-order valence-corrected chi connectivity index (χ4v) is 5.74. The molecule has 2 aliphatic heterocycles. The Bertz CT molecular complexity index is 1030. The van der Waals surface area contributed by atoms with E-state index in [0.29, 0.717) is 5.56 Å². The largest absolute Gasteiger partial charge is 0.473 e. The van der Waals surface area contributed by atoms with Gasteiger partial charge in [0.05, 0.1) is 5.60 Å². The van der Waals surface area contributed by atoms with Gasteiger partial charge in [-0.2, -0.15) is 4.98 Å². The van der Waals surface area contributed by atoms with E-state index in [4.69, 9.17) is 19.5 Å². The number of ether oxygens (including phenoxy) is 1. The molecule has 3 rings (SSSR count). The number of nitrogens with zero attached hydrogens (tertiary/aromatic N) is 3. The Hall–Kier alpha value is -1.78. The number of hydrogen-bond acceptors (Lipinski definition) is 8. The van der Waals surface area contributed by atoms with Gasteiger partial charge in [0.25, 0.3) is 5.91 Å². The number of likely N-dealkylation sites (N-methyl/N-ethyl adjacent to an activating group) is 1. The van der Waals surface area contributed by atoms with Crippen molar-refractivity contribution < 1.29 is 28.0 Å². The lowest BCUT2D eigenvalue weighted by atomic mass is 9.80. The topological polar surface area (TPSA) is 146 Å². The van der Waals surface area contributed by atoms with Crippen LogP contribution in [0.2, 0.25) is 0 Å². The number of nitrogens with two attached hydrogens (primary N) is 1. The summed E-state index contributed by atoms with van der Waals surface area (Å²) in [6, 6.07) is -0.864. The molecule has 1 amide bonds. The maximum Gasteiger partial charge on any atom is 0.473 e. The minimum absolute atomic E-state index is 0.0921. The van der Waals surface area contributed by atoms with Gasteiger partial charge >= 0.3 is 13.5 Å². The fourth-order valence-electron chi connectivity index (χ4n) is 4.42. The number of hydrogen-bond donors (Lipinski definition) is 2. The van der Waals surface area contributed by atoms with Crippen LogP contribution in [0.15, 0.2) is 11.0 Å². The summed E-state index contributed by atoms with van der Waals surface area (Å²) in [4.78, 5) is 41.7. The first-order valence-electron chi connectivity index (χ1n) is 10.4. The highest BCUT2D eigenvalue weighted by atomic mass is 31.2. The van der Waals surface area contributed by atoms with E-state index in [1.54, 1.807) is 34.7 Å². The zero-order chi connectivity index (χ0) is 24.4. The number of carbonyl (C=O) groups is 1. The first-order valence-corrected chi connectivity index (χ1v) is 11.9. The van der Waals surface area contributed by atoms with Gasteiger partial charge in [-0.25, -0.2) is 9.36 Å². The number of morpholine rings is 1. The highest BCUT2D eigenvalue weighted by molar-refractivity contribution is 7.47. The van der Waals surface area contributed by atoms with Crippen molar-refractivity contribution in [1.29, 1.82) is 0 Å². The van der Waals surface area contributed by atoms with Crippen molar-refractivity contribution in [3.05, 3.63) is 22.2 Å². The fraction of sp³-hybridized carbons (Fsp3) is 0.750. The highest BCUT2D eigenvalue weighted by Crippen LogP contribution is 2.58. The van der Waals surface area contributed by atoms with Crippen LogP contribution < -0.4 is 11.4 Å². The summed E-state index contributed by atoms with van der Waals surface area (Å²) in [5.41, 5.74) is 2.68. The van der Waals surface area contributed by atoms with E-state index in [9.17, 15) is 19.0 Å². The summed E-state index contributed by atoms with van der Waals surface area (Å²) < 4.78 is 31.2. The quantitative estimate of drug-likeness (QED) is 0.614. The molecule has 0 aromatic carbocycles. The number of anilines is 1. The van der Waals surface area contributed by atoms with Crippen LogP contribution in [0.4, 0.5) is 5.82 Å². The molecular weight excluding hydrogens is 439 g/mol. The highest BCUT2D eigenvalue weighted by Gasteiger charge is 2.71. The monoisotopic (exact) mass is 472 g/mol. The second-order valence-corrected chi connectivity index (χ2v) is 12.1. The zero-order valence-corrected chi connectivity index (χ0v) is 20.7. The number of likely N-dealkylation sites (tertiary alicyclic amines) is 1. The molecule has 12 heteroatoms. The molecule has 0 aliphatic carbocycles. The van der Waals surface area contributed by atoms with Gasteiger partial charge in [0.15, 0.2) is 11.8 Å². The number of phosphoric acid groups is 1. The molecule has 1 aromatic rings. The Morgan fingerprint density at radius 2 is 1.88 bits per heavy atom. The summed E-state index contributed by atoms with van der Waals surface area (Å²) in [6.07, 6.45) is -0.460. The number of rotatable bonds is 5. The molecule has 32 heavy (non-hydrogen) atoms. The van der Waals surface area contributed by atoms with Crippen LogP contribution in [0.1, 0.15) is 59.8 Å². The molecule has 1 aromatic heterocycles. The van der Waals surface area contributed by atoms with Crippen molar-refractivity contribution in [2.45, 2.75) is 84.5 Å². The maximum atomic E-state index is 13.3. The summed E-state index contributed by atoms with van der Waals surface area (Å²) in [7, 11) is -3.03. The number of amides is 1. The van der Waals surface area contributed by atoms with E-state index in [-0.39, 0.29) is 18.1 Å². The lowest BCUT2D eigenvalue weighted by Gasteiger charge is -2.38. The molecule has 180 valence electrons. The average molecular weight is 472 g/mol. The molecule has 11 nitrogen and oxygen atoms in total. The van der Waals surface area contributed by atoms with Gasteiger partial charge in [0, 0.05) is 18.8 Å². The number of carbonyl (C=O) groups excluding carboxylic acids is 1. The van der Waals surface area contributed by atoms with E-state index in [2.05, 4.69) is 4.98 Å². The van der Waals surface area contributed by atoms with Gasteiger partial charge in [0.1, 0.15) is 18.0 Å². The Labute approximate surface area is 187 Å². The zero-order valence-electron chi connectivity index (χ0n) is 19.8. The molecule has 5 atom stereocenters. The van der Waals surface area contributed by atoms with E-state index in [1.165, 1.54) is 15.7 Å². The first-order chi connectivity index (χ1) is 14.4. The molecule has 0 spiro atoms. The molecule has 1 unspecified atom stereocenters. The van der Waals surface area contributed by atoms with Crippen LogP contribution >= 0.6 is 7.82 Å². The summed E-state index contributed by atoms with van der Waals surface area (Å²) in [5, 5.41) is 0. The van der Waals surface area contributed by atoms with Gasteiger partial charge in [-0.15, -0.1) is 0 Å². The summed E-state index contributed by atoms with van der Waals surface area (Å²) >= 11 is 0. The van der Waals surface area contributed by atoms with Crippen LogP contribution in [0.25, 0.3) is 0 Å². The lowest BCUT2D eigenvalue weighted by Crippen LogP contribution is -2.52. The van der Waals surface area contributed by atoms with Crippen molar-refractivity contribution in [1.82, 2.24) is 14.5 Å². The lowest BCUT2D eigenvalue weighted by molar-refractivity contribution is -0.180. The second kappa shape index (κ2) is 7.63. The summed E-state index contributed by atoms with van der Waals surface area (Å²) in [5.74, 6) is -0.294. The molecule has 2 aliphatic rings. The van der Waals surface area contributed by atoms with Crippen molar-refractivity contribution in [3.63, 3.8) is 0 Å². The minimum atomic E-state index is -4.59. The van der Waals surface area contributed by atoms with Gasteiger partial charge in [-0.05, 0) is 39.5 Å². The van der Waals surface area contributed by atoms with E-state index < -0.39 is 48.5 Å². The Balaban J connectivity index is 2.12. The average Bonchev–Trinajstić information content (AvgIpc) is 2.94. The predicted octanol–water partition coefficient (Wildman–Crippen LogP) is 1.98. The van der Waals surface area contributed by atoms with Gasteiger partial charge in [0.2, 0.25) is 0 Å². The maximum absolute atomic E-state index is 13.3. The Morgan fingerprint density at radius 3 is 2.41 bits per heavy atom. The molecule has 2 saturated heterocycles. The predicted molar refractivity (Wildman–Crippen MR) is 117 cm³/mol. The van der Waals surface area contributed by atoms with E-state index >= 15 is 0 Å². The molecule has 2 bridgehead atoms. The van der Waals surface area contributed by atoms with Crippen LogP contribution in [0.5, 0.6) is 0 Å². The Kier molecular flexibility index (Phi) is 5.93. The van der Waals surface area contributed by atoms with Crippen molar-refractivity contribution >= 4 is 19.5 Å². The normalized spacial score (nSPS) is 30.1. The number of nitrogen functional groups attached to an aromatic ring is 1. The van der Waals surface area contributed by atoms with E-state index in [1.807, 2.05) is 20.8 Å². The number of aryl methyl sites for hydroxylation is 1. The van der Waals surface area contributed by atoms with Crippen molar-refractivity contribution in [2.75, 3.05) is 12.8 Å². The molecule has 2 fully saturated rings. The summed E-state index contributed by atoms with van der Waals surface area (Å²) in [6.45, 7) is 12.3. The van der Waals surface area contributed by atoms with Crippen LogP contribution in [0, 0.1) is 12.3 Å². The SMILES string of the molecule is Cc1cn([C@@H]2O[C@@]3(CC(C)(C)C)C(=O)N(C)[C@@H]2[C@@H]3OP(=O)(O)OC(C)(C)C)c(=O)nc1N. The van der Waals surface area contributed by atoms with Gasteiger partial charge in [-0.3, -0.25) is 18.4 Å². The molecule has 3 heterocycles. The van der Waals surface area contributed by atoms with Crippen molar-refractivity contribution in [3.8, 4) is 0 Å². The number of phosphoric ester groups is 1. The van der Waals surface area contributed by atoms with Gasteiger partial charge in [-0.1, -0.05) is 20.8 Å². The standard InChI is InChI=1S/C20H33N4O7P/c1-11-9-24(17(26)22-14(11)21)15-12-13(30-32(27,28)31-19(5,6)7)20(29-15,10-18(2,3)4)16(25)23(12)8/h9,12-13,15H,10H2,1-8H3,(H,27,28)(H2,21,22,26)/t12-,13+,15-,20-/m1/s1. The molecule has 0 saturated carbocycles. The van der Waals surface area contributed by atoms with E-state index in [0.717, 1.165) is 0 Å². The molecule has 3 N–H and O–H groups in total. The third kappa shape index (κ3) is 4.49. The van der Waals surface area contributed by atoms with Crippen molar-refractivity contribution in [2.24, 2.45) is 5.41 Å². The van der Waals surface area contributed by atoms with Crippen LogP contribution in [-0.4, -0.2) is 55.6 Å². The molecule has 0 radical (unpaired) electrons. The number of fused-ring (bicyclic) bond motifs is 2. The van der Waals surface area contributed by atoms with Crippen LogP contribution in [-0.2, 0) is 23.1 Å². The third-order valence-corrected chi connectivity index (χ3v) is 6.67. The first kappa shape index (κ1) is 24.9. The third-order valence-electron chi connectivity index (χ3n) is 5.40. The second-order valence-electron chi connectivity index (χ2n) is 10.7. The minimum Gasteiger partial charge on any atom is -0.383 e. The Morgan fingerprint density at radius 1 is 1.28 bits per heavy atom. The van der Waals surface area contributed by atoms with Crippen LogP contribution in [0.3, 0.4) is 0 Å². The van der Waals surface area contributed by atoms with Gasteiger partial charge < -0.3 is 20.3 Å². The molecular formula is C20H33N4O7P. The number of aromatic nitrogens is 2.